The Balaban J connectivity index is 1.68. The van der Waals surface area contributed by atoms with Gasteiger partial charge in [-0.3, -0.25) is 14.5 Å². The minimum Gasteiger partial charge on any atom is -0.507 e. The van der Waals surface area contributed by atoms with E-state index >= 15 is 0 Å². The van der Waals surface area contributed by atoms with Gasteiger partial charge in [-0.25, -0.2) is 4.39 Å². The normalized spacial score (nSPS) is 20.3. The average Bonchev–Trinajstić information content (AvgIpc) is 3.13. The molecule has 35 heavy (non-hydrogen) atoms. The molecule has 1 amide bonds. The zero-order chi connectivity index (χ0) is 24.8. The van der Waals surface area contributed by atoms with E-state index in [0.29, 0.717) is 44.1 Å². The minimum absolute atomic E-state index is 0.0196. The molecule has 0 bridgehead atoms. The van der Waals surface area contributed by atoms with E-state index in [9.17, 15) is 19.1 Å². The number of hydrogen-bond acceptors (Lipinski definition) is 6. The van der Waals surface area contributed by atoms with E-state index in [0.717, 1.165) is 19.6 Å². The third kappa shape index (κ3) is 5.61. The van der Waals surface area contributed by atoms with Gasteiger partial charge in [-0.15, -0.1) is 0 Å². The molecule has 0 saturated carbocycles. The van der Waals surface area contributed by atoms with Gasteiger partial charge in [0.1, 0.15) is 23.9 Å². The van der Waals surface area contributed by atoms with Gasteiger partial charge in [-0.1, -0.05) is 24.8 Å². The van der Waals surface area contributed by atoms with Gasteiger partial charge in [0.2, 0.25) is 0 Å². The molecular formula is C27H29FN2O5. The van der Waals surface area contributed by atoms with E-state index in [1.807, 2.05) is 0 Å². The van der Waals surface area contributed by atoms with Crippen molar-refractivity contribution < 1.29 is 28.6 Å². The first kappa shape index (κ1) is 24.6. The Bertz CT molecular complexity index is 1110. The van der Waals surface area contributed by atoms with Crippen LogP contribution in [0.5, 0.6) is 5.75 Å². The Labute approximate surface area is 204 Å². The zero-order valence-corrected chi connectivity index (χ0v) is 19.5. The summed E-state index contributed by atoms with van der Waals surface area (Å²) in [6.07, 6.45) is 2.28. The van der Waals surface area contributed by atoms with Crippen LogP contribution in [0.1, 0.15) is 23.6 Å². The van der Waals surface area contributed by atoms with Gasteiger partial charge in [0.05, 0.1) is 24.8 Å². The van der Waals surface area contributed by atoms with E-state index in [1.54, 1.807) is 30.3 Å². The van der Waals surface area contributed by atoms with Crippen LogP contribution in [0.25, 0.3) is 5.76 Å². The van der Waals surface area contributed by atoms with E-state index in [2.05, 4.69) is 11.5 Å². The van der Waals surface area contributed by atoms with E-state index in [-0.39, 0.29) is 16.9 Å². The van der Waals surface area contributed by atoms with Crippen molar-refractivity contribution in [1.29, 1.82) is 0 Å². The number of Topliss-reactive ketones (excluding diaryl/α,β-unsaturated/α-hetero) is 1. The molecule has 4 rings (SSSR count). The Kier molecular flexibility index (Phi) is 7.94. The lowest BCUT2D eigenvalue weighted by Crippen LogP contribution is -2.38. The number of rotatable bonds is 9. The van der Waals surface area contributed by atoms with Crippen LogP contribution >= 0.6 is 0 Å². The van der Waals surface area contributed by atoms with E-state index in [1.165, 1.54) is 29.2 Å². The average molecular weight is 481 g/mol. The summed E-state index contributed by atoms with van der Waals surface area (Å²) in [4.78, 5) is 30.0. The molecule has 1 unspecified atom stereocenters. The number of morpholine rings is 1. The summed E-state index contributed by atoms with van der Waals surface area (Å²) in [6, 6.07) is 11.5. The van der Waals surface area contributed by atoms with Crippen LogP contribution < -0.4 is 4.74 Å². The predicted molar refractivity (Wildman–Crippen MR) is 129 cm³/mol. The number of nitrogens with zero attached hydrogens (tertiary/aromatic N) is 2. The highest BCUT2D eigenvalue weighted by Crippen LogP contribution is 2.40. The number of carbonyl (C=O) groups is 2. The van der Waals surface area contributed by atoms with Gasteiger partial charge in [-0.05, 0) is 48.4 Å². The van der Waals surface area contributed by atoms with Crippen LogP contribution in [-0.4, -0.2) is 72.6 Å². The minimum atomic E-state index is -0.794. The summed E-state index contributed by atoms with van der Waals surface area (Å²) in [5.74, 6) is -1.67. The van der Waals surface area contributed by atoms with Gasteiger partial charge in [0.15, 0.2) is 0 Å². The highest BCUT2D eigenvalue weighted by Gasteiger charge is 2.46. The molecule has 7 nitrogen and oxygen atoms in total. The van der Waals surface area contributed by atoms with Crippen LogP contribution in [0.4, 0.5) is 4.39 Å². The molecule has 2 aromatic rings. The lowest BCUT2D eigenvalue weighted by molar-refractivity contribution is -0.140. The highest BCUT2D eigenvalue weighted by atomic mass is 19.1. The third-order valence-corrected chi connectivity index (χ3v) is 6.18. The first-order chi connectivity index (χ1) is 17.0. The number of hydrogen-bond donors (Lipinski definition) is 1. The number of benzene rings is 2. The third-order valence-electron chi connectivity index (χ3n) is 6.18. The van der Waals surface area contributed by atoms with Gasteiger partial charge in [-0.2, -0.15) is 0 Å². The highest BCUT2D eigenvalue weighted by molar-refractivity contribution is 6.46. The standard InChI is InChI=1S/C27H29FN2O5/c1-2-15-35-22-6-3-5-20(18-22)24-23(25(31)19-7-9-21(28)10-8-19)26(32)27(33)30(24)12-4-11-29-13-16-34-17-14-29/h2-3,5-10,18,24,31H,1,4,11-17H2/b25-23-. The smallest absolute Gasteiger partial charge is 0.295 e. The number of amides is 1. The fraction of sp³-hybridized carbons (Fsp3) is 0.333. The Morgan fingerprint density at radius 2 is 1.89 bits per heavy atom. The lowest BCUT2D eigenvalue weighted by Gasteiger charge is -2.29. The molecule has 0 aliphatic carbocycles. The summed E-state index contributed by atoms with van der Waals surface area (Å²) < 4.78 is 24.5. The number of aliphatic hydroxyl groups excluding tert-OH is 1. The second-order valence-corrected chi connectivity index (χ2v) is 8.48. The summed E-state index contributed by atoms with van der Waals surface area (Å²) in [5, 5.41) is 11.1. The van der Waals surface area contributed by atoms with Gasteiger partial charge < -0.3 is 19.5 Å². The van der Waals surface area contributed by atoms with Gasteiger partial charge >= 0.3 is 0 Å². The Morgan fingerprint density at radius 1 is 1.14 bits per heavy atom. The molecule has 184 valence electrons. The maximum absolute atomic E-state index is 13.4. The van der Waals surface area contributed by atoms with Crippen LogP contribution in [0.2, 0.25) is 0 Å². The molecule has 2 aliphatic rings. The summed E-state index contributed by atoms with van der Waals surface area (Å²) >= 11 is 0. The molecule has 1 N–H and O–H groups in total. The maximum Gasteiger partial charge on any atom is 0.295 e. The zero-order valence-electron chi connectivity index (χ0n) is 19.5. The summed E-state index contributed by atoms with van der Waals surface area (Å²) in [7, 11) is 0. The quantitative estimate of drug-likeness (QED) is 0.256. The molecule has 0 aromatic heterocycles. The second-order valence-electron chi connectivity index (χ2n) is 8.48. The van der Waals surface area contributed by atoms with Crippen LogP contribution in [0.3, 0.4) is 0 Å². The molecule has 2 aliphatic heterocycles. The number of ether oxygens (including phenoxy) is 2. The number of likely N-dealkylation sites (tertiary alicyclic amines) is 1. The fourth-order valence-electron chi connectivity index (χ4n) is 4.44. The monoisotopic (exact) mass is 480 g/mol. The lowest BCUT2D eigenvalue weighted by atomic mass is 9.95. The van der Waals surface area contributed by atoms with Crippen LogP contribution in [0, 0.1) is 5.82 Å². The number of halogens is 1. The van der Waals surface area contributed by atoms with Crippen molar-refractivity contribution in [2.24, 2.45) is 0 Å². The van der Waals surface area contributed by atoms with Gasteiger partial charge in [0.25, 0.3) is 11.7 Å². The first-order valence-corrected chi connectivity index (χ1v) is 11.7. The molecular weight excluding hydrogens is 451 g/mol. The van der Waals surface area contributed by atoms with Crippen molar-refractivity contribution in [2.45, 2.75) is 12.5 Å². The number of ketones is 1. The van der Waals surface area contributed by atoms with Crippen molar-refractivity contribution in [2.75, 3.05) is 46.0 Å². The maximum atomic E-state index is 13.4. The molecule has 2 heterocycles. The van der Waals surface area contributed by atoms with E-state index in [4.69, 9.17) is 9.47 Å². The van der Waals surface area contributed by atoms with Crippen molar-refractivity contribution in [1.82, 2.24) is 9.80 Å². The second kappa shape index (κ2) is 11.3. The predicted octanol–water partition coefficient (Wildman–Crippen LogP) is 3.53. The molecule has 1 atom stereocenters. The largest absolute Gasteiger partial charge is 0.507 e. The molecule has 2 fully saturated rings. The first-order valence-electron chi connectivity index (χ1n) is 11.7. The molecule has 0 spiro atoms. The van der Waals surface area contributed by atoms with Crippen LogP contribution in [0.15, 0.2) is 66.8 Å². The summed E-state index contributed by atoms with van der Waals surface area (Å²) in [5.41, 5.74) is 0.886. The van der Waals surface area contributed by atoms with Crippen molar-refractivity contribution in [3.8, 4) is 5.75 Å². The number of carbonyl (C=O) groups excluding carboxylic acids is 2. The topological polar surface area (TPSA) is 79.3 Å². The molecule has 8 heteroatoms. The number of aliphatic hydroxyl groups is 1. The molecule has 2 saturated heterocycles. The van der Waals surface area contributed by atoms with Crippen molar-refractivity contribution in [3.05, 3.63) is 83.7 Å². The summed E-state index contributed by atoms with van der Waals surface area (Å²) in [6.45, 7) is 8.08. The SMILES string of the molecule is C=CCOc1cccc(C2/C(=C(/O)c3ccc(F)cc3)C(=O)C(=O)N2CCCN2CCOCC2)c1. The molecule has 2 aromatic carbocycles. The van der Waals surface area contributed by atoms with Crippen molar-refractivity contribution in [3.63, 3.8) is 0 Å². The van der Waals surface area contributed by atoms with Crippen LogP contribution in [-0.2, 0) is 14.3 Å². The fourth-order valence-corrected chi connectivity index (χ4v) is 4.44. The van der Waals surface area contributed by atoms with E-state index < -0.39 is 23.5 Å². The molecule has 0 radical (unpaired) electrons. The Hall–Kier alpha value is -3.49. The van der Waals surface area contributed by atoms with Crippen molar-refractivity contribution >= 4 is 17.4 Å². The van der Waals surface area contributed by atoms with Gasteiger partial charge in [0, 0.05) is 31.7 Å². The Morgan fingerprint density at radius 3 is 2.60 bits per heavy atom.